The van der Waals surface area contributed by atoms with Gasteiger partial charge in [0, 0.05) is 0 Å². The van der Waals surface area contributed by atoms with Gasteiger partial charge in [-0.1, -0.05) is 0 Å². The van der Waals surface area contributed by atoms with Gasteiger partial charge in [-0.3, -0.25) is 0 Å². The third-order valence-corrected chi connectivity index (χ3v) is 8.79. The molecule has 0 N–H and O–H groups in total. The van der Waals surface area contributed by atoms with Gasteiger partial charge in [0.05, 0.1) is 0 Å². The van der Waals surface area contributed by atoms with Crippen LogP contribution < -0.4 is 7.22 Å². The van der Waals surface area contributed by atoms with Crippen LogP contribution in [0.25, 0.3) is 0 Å². The van der Waals surface area contributed by atoms with Gasteiger partial charge in [0.25, 0.3) is 0 Å². The first kappa shape index (κ1) is 14.5. The summed E-state index contributed by atoms with van der Waals surface area (Å²) in [5.74, 6) is 0. The monoisotopic (exact) mass is 464 g/mol. The zero-order valence-corrected chi connectivity index (χ0v) is 16.1. The van der Waals surface area contributed by atoms with Crippen molar-refractivity contribution < 1.29 is 0 Å². The van der Waals surface area contributed by atoms with E-state index in [1.807, 2.05) is 0 Å². The molecule has 0 saturated heterocycles. The van der Waals surface area contributed by atoms with Crippen LogP contribution in [0, 0.1) is 6.92 Å². The SMILES string of the molecule is Cc1ccc(C2(Br)c3ccccc3[Te]c3ccccc32)cc1. The Hall–Kier alpha value is -1.07. The molecule has 0 aromatic heterocycles. The third-order valence-electron chi connectivity index (χ3n) is 4.19. The van der Waals surface area contributed by atoms with Gasteiger partial charge < -0.3 is 0 Å². The van der Waals surface area contributed by atoms with Crippen LogP contribution in [0.3, 0.4) is 0 Å². The van der Waals surface area contributed by atoms with E-state index < -0.39 is 0 Å². The van der Waals surface area contributed by atoms with E-state index in [9.17, 15) is 0 Å². The van der Waals surface area contributed by atoms with Gasteiger partial charge >= 0.3 is 150 Å². The van der Waals surface area contributed by atoms with Crippen molar-refractivity contribution in [3.8, 4) is 0 Å². The number of alkyl halides is 1. The molecule has 0 unspecified atom stereocenters. The number of benzene rings is 3. The van der Waals surface area contributed by atoms with Crippen molar-refractivity contribution in [2.45, 2.75) is 11.2 Å². The Morgan fingerprint density at radius 3 is 1.77 bits per heavy atom. The van der Waals surface area contributed by atoms with Gasteiger partial charge in [-0.2, -0.15) is 0 Å². The normalized spacial score (nSPS) is 15.0. The molecule has 0 atom stereocenters. The molecule has 108 valence electrons. The summed E-state index contributed by atoms with van der Waals surface area (Å²) in [5, 5.41) is 0. The van der Waals surface area contributed by atoms with E-state index in [1.165, 1.54) is 29.5 Å². The van der Waals surface area contributed by atoms with E-state index in [0.717, 1.165) is 0 Å². The fourth-order valence-corrected chi connectivity index (χ4v) is 8.21. The number of fused-ring (bicyclic) bond motifs is 2. The zero-order chi connectivity index (χ0) is 15.2. The van der Waals surface area contributed by atoms with Crippen molar-refractivity contribution in [2.75, 3.05) is 0 Å². The van der Waals surface area contributed by atoms with Gasteiger partial charge in [-0.15, -0.1) is 0 Å². The number of rotatable bonds is 1. The fourth-order valence-electron chi connectivity index (χ4n) is 3.04. The predicted molar refractivity (Wildman–Crippen MR) is 97.9 cm³/mol. The topological polar surface area (TPSA) is 0 Å². The van der Waals surface area contributed by atoms with Crippen LogP contribution in [-0.4, -0.2) is 20.9 Å². The Bertz CT molecular complexity index is 791. The second-order valence-corrected chi connectivity index (χ2v) is 9.90. The Morgan fingerprint density at radius 2 is 1.23 bits per heavy atom. The van der Waals surface area contributed by atoms with Gasteiger partial charge in [-0.05, 0) is 0 Å². The molecule has 0 aliphatic carbocycles. The molecule has 0 saturated carbocycles. The van der Waals surface area contributed by atoms with Gasteiger partial charge in [0.1, 0.15) is 0 Å². The number of aryl methyl sites for hydroxylation is 1. The van der Waals surface area contributed by atoms with E-state index in [2.05, 4.69) is 95.7 Å². The van der Waals surface area contributed by atoms with Crippen molar-refractivity contribution >= 4 is 44.1 Å². The molecule has 4 rings (SSSR count). The van der Waals surface area contributed by atoms with Crippen LogP contribution in [0.4, 0.5) is 0 Å². The molecule has 1 aliphatic heterocycles. The second kappa shape index (κ2) is 5.53. The summed E-state index contributed by atoms with van der Waals surface area (Å²) in [6.45, 7) is 2.14. The zero-order valence-electron chi connectivity index (χ0n) is 12.2. The van der Waals surface area contributed by atoms with E-state index in [-0.39, 0.29) is 25.2 Å². The number of hydrogen-bond donors (Lipinski definition) is 0. The summed E-state index contributed by atoms with van der Waals surface area (Å²) < 4.78 is 2.84. The van der Waals surface area contributed by atoms with Crippen LogP contribution in [0.15, 0.2) is 72.8 Å². The van der Waals surface area contributed by atoms with E-state index >= 15 is 0 Å². The van der Waals surface area contributed by atoms with Crippen LogP contribution in [-0.2, 0) is 4.32 Å². The summed E-state index contributed by atoms with van der Waals surface area (Å²) in [4.78, 5) is 0. The molecule has 1 heterocycles. The Labute approximate surface area is 149 Å². The molecule has 22 heavy (non-hydrogen) atoms. The molecule has 0 bridgehead atoms. The molecule has 3 aromatic rings. The predicted octanol–water partition coefficient (Wildman–Crippen LogP) is 3.65. The second-order valence-electron chi connectivity index (χ2n) is 5.62. The first-order valence-electron chi connectivity index (χ1n) is 7.32. The molecular formula is C20H15BrTe. The van der Waals surface area contributed by atoms with Crippen molar-refractivity contribution in [3.05, 3.63) is 95.1 Å². The molecule has 0 amide bonds. The van der Waals surface area contributed by atoms with Crippen molar-refractivity contribution in [1.29, 1.82) is 0 Å². The molecule has 0 radical (unpaired) electrons. The third kappa shape index (κ3) is 2.17. The minimum absolute atomic E-state index is 0.225. The quantitative estimate of drug-likeness (QED) is 0.382. The summed E-state index contributed by atoms with van der Waals surface area (Å²) in [6, 6.07) is 26.7. The molecular weight excluding hydrogens is 448 g/mol. The standard InChI is InChI=1S/C20H15BrTe/c1-14-10-12-15(13-11-14)20(21)16-6-2-4-8-18(16)22-19-9-5-3-7-17(19)20/h2-13H,1H3. The fraction of sp³-hybridized carbons (Fsp3) is 0.100. The average molecular weight is 463 g/mol. The van der Waals surface area contributed by atoms with Crippen LogP contribution in [0.1, 0.15) is 22.3 Å². The first-order valence-corrected chi connectivity index (χ1v) is 10.4. The van der Waals surface area contributed by atoms with Gasteiger partial charge in [0.2, 0.25) is 0 Å². The maximum absolute atomic E-state index is 4.15. The van der Waals surface area contributed by atoms with E-state index in [1.54, 1.807) is 0 Å². The maximum atomic E-state index is 4.15. The van der Waals surface area contributed by atoms with Crippen molar-refractivity contribution in [1.82, 2.24) is 0 Å². The van der Waals surface area contributed by atoms with Crippen LogP contribution in [0.5, 0.6) is 0 Å². The summed E-state index contributed by atoms with van der Waals surface area (Å²) in [6.07, 6.45) is 0. The van der Waals surface area contributed by atoms with Crippen molar-refractivity contribution in [3.63, 3.8) is 0 Å². The summed E-state index contributed by atoms with van der Waals surface area (Å²) in [7, 11) is 0. The first-order chi connectivity index (χ1) is 10.7. The summed E-state index contributed by atoms with van der Waals surface area (Å²) >= 11 is 3.83. The molecule has 0 nitrogen and oxygen atoms in total. The van der Waals surface area contributed by atoms with Gasteiger partial charge in [-0.25, -0.2) is 0 Å². The average Bonchev–Trinajstić information content (AvgIpc) is 2.56. The van der Waals surface area contributed by atoms with Crippen LogP contribution >= 0.6 is 15.9 Å². The Balaban J connectivity index is 2.03. The van der Waals surface area contributed by atoms with Crippen molar-refractivity contribution in [2.24, 2.45) is 0 Å². The molecule has 1 aliphatic rings. The minimum atomic E-state index is -0.316. The van der Waals surface area contributed by atoms with Gasteiger partial charge in [0.15, 0.2) is 0 Å². The molecule has 0 spiro atoms. The van der Waals surface area contributed by atoms with E-state index in [0.29, 0.717) is 0 Å². The van der Waals surface area contributed by atoms with Crippen LogP contribution in [0.2, 0.25) is 0 Å². The Morgan fingerprint density at radius 1 is 0.727 bits per heavy atom. The number of hydrogen-bond acceptors (Lipinski definition) is 0. The number of halogens is 1. The van der Waals surface area contributed by atoms with E-state index in [4.69, 9.17) is 0 Å². The molecule has 0 fully saturated rings. The molecule has 2 heteroatoms. The molecule has 3 aromatic carbocycles. The Kier molecular flexibility index (Phi) is 3.65. The summed E-state index contributed by atoms with van der Waals surface area (Å²) in [5.41, 5.74) is 5.44.